The molecule has 2 aromatic carbocycles. The third-order valence-corrected chi connectivity index (χ3v) is 5.36. The number of nitro benzene ring substituents is 1. The third-order valence-electron chi connectivity index (χ3n) is 4.83. The number of aryl methyl sites for hydroxylation is 2. The van der Waals surface area contributed by atoms with Gasteiger partial charge in [-0.25, -0.2) is 0 Å². The van der Waals surface area contributed by atoms with Crippen LogP contribution >= 0.6 is 11.6 Å². The smallest absolute Gasteiger partial charge is 0.276 e. The summed E-state index contributed by atoms with van der Waals surface area (Å²) in [5, 5.41) is 16.5. The van der Waals surface area contributed by atoms with Gasteiger partial charge in [-0.15, -0.1) is 0 Å². The quantitative estimate of drug-likeness (QED) is 0.375. The van der Waals surface area contributed by atoms with E-state index in [4.69, 9.17) is 16.3 Å². The van der Waals surface area contributed by atoms with E-state index in [-0.39, 0.29) is 12.3 Å². The Kier molecular flexibility index (Phi) is 5.75. The van der Waals surface area contributed by atoms with Crippen molar-refractivity contribution in [3.63, 3.8) is 0 Å². The van der Waals surface area contributed by atoms with Crippen LogP contribution in [0.1, 0.15) is 29.2 Å². The fourth-order valence-electron chi connectivity index (χ4n) is 3.29. The van der Waals surface area contributed by atoms with Crippen LogP contribution in [0.15, 0.2) is 43.0 Å². The Morgan fingerprint density at radius 1 is 1.31 bits per heavy atom. The van der Waals surface area contributed by atoms with Gasteiger partial charge in [-0.2, -0.15) is 5.10 Å². The number of nitro groups is 1. The van der Waals surface area contributed by atoms with Crippen LogP contribution < -0.4 is 4.74 Å². The maximum Gasteiger partial charge on any atom is 0.276 e. The topological polar surface area (TPSA) is 70.2 Å². The summed E-state index contributed by atoms with van der Waals surface area (Å²) in [6, 6.07) is 10.7. The van der Waals surface area contributed by atoms with Gasteiger partial charge >= 0.3 is 0 Å². The zero-order valence-corrected chi connectivity index (χ0v) is 17.6. The van der Waals surface area contributed by atoms with Crippen molar-refractivity contribution in [3.05, 3.63) is 80.5 Å². The van der Waals surface area contributed by atoms with E-state index < -0.39 is 4.92 Å². The molecule has 29 heavy (non-hydrogen) atoms. The first-order valence-electron chi connectivity index (χ1n) is 9.05. The summed E-state index contributed by atoms with van der Waals surface area (Å²) in [4.78, 5) is 11.0. The number of rotatable bonds is 6. The first-order valence-corrected chi connectivity index (χ1v) is 9.43. The Morgan fingerprint density at radius 3 is 2.59 bits per heavy atom. The number of ether oxygens (including phenoxy) is 1. The van der Waals surface area contributed by atoms with Crippen LogP contribution in [-0.4, -0.2) is 14.7 Å². The highest BCUT2D eigenvalue weighted by atomic mass is 35.5. The number of halogens is 1. The van der Waals surface area contributed by atoms with E-state index in [0.717, 1.165) is 33.5 Å². The van der Waals surface area contributed by atoms with Crippen LogP contribution in [0, 0.1) is 24.0 Å². The first-order chi connectivity index (χ1) is 13.7. The number of hydrogen-bond donors (Lipinski definition) is 0. The summed E-state index contributed by atoms with van der Waals surface area (Å²) in [6.07, 6.45) is 0. The Bertz CT molecular complexity index is 1090. The highest BCUT2D eigenvalue weighted by Gasteiger charge is 2.19. The molecule has 0 aliphatic heterocycles. The normalized spacial score (nSPS) is 10.8. The molecule has 0 unspecified atom stereocenters. The van der Waals surface area contributed by atoms with Crippen LogP contribution in [-0.2, 0) is 13.7 Å². The van der Waals surface area contributed by atoms with Crippen molar-refractivity contribution in [1.82, 2.24) is 9.78 Å². The Labute approximate surface area is 174 Å². The molecule has 0 spiro atoms. The number of aromatic nitrogens is 2. The average molecular weight is 412 g/mol. The molecule has 0 aliphatic carbocycles. The van der Waals surface area contributed by atoms with E-state index in [0.29, 0.717) is 16.5 Å². The van der Waals surface area contributed by atoms with Gasteiger partial charge in [-0.3, -0.25) is 14.8 Å². The molecule has 0 saturated carbocycles. The average Bonchev–Trinajstić information content (AvgIpc) is 2.93. The molecule has 6 nitrogen and oxygen atoms in total. The van der Waals surface area contributed by atoms with Crippen LogP contribution in [0.4, 0.5) is 5.69 Å². The van der Waals surface area contributed by atoms with Crippen molar-refractivity contribution >= 4 is 22.9 Å². The minimum absolute atomic E-state index is 0.0264. The highest BCUT2D eigenvalue weighted by Crippen LogP contribution is 2.32. The lowest BCUT2D eigenvalue weighted by atomic mass is 10.0. The molecule has 0 aliphatic rings. The van der Waals surface area contributed by atoms with Crippen molar-refractivity contribution in [3.8, 4) is 17.0 Å². The second-order valence-corrected chi connectivity index (χ2v) is 7.36. The van der Waals surface area contributed by atoms with Gasteiger partial charge < -0.3 is 4.74 Å². The first kappa shape index (κ1) is 20.6. The molecular formula is C22H22ClN3O3. The standard InChI is InChI=1S/C22H22ClN3O3/c1-13(2)17-7-6-8-19(26(27)28)18(17)12-29-20-10-9-16(11-14(20)3)21-15(4)22(23)25(5)24-21/h6-11H,1,12H2,2-5H3. The minimum atomic E-state index is -0.394. The Hall–Kier alpha value is -3.12. The van der Waals surface area contributed by atoms with Crippen molar-refractivity contribution < 1.29 is 9.66 Å². The lowest BCUT2D eigenvalue weighted by molar-refractivity contribution is -0.385. The molecule has 1 aromatic heterocycles. The van der Waals surface area contributed by atoms with Gasteiger partial charge in [0.1, 0.15) is 17.5 Å². The van der Waals surface area contributed by atoms with Crippen LogP contribution in [0.5, 0.6) is 5.75 Å². The van der Waals surface area contributed by atoms with Crippen molar-refractivity contribution in [2.75, 3.05) is 0 Å². The molecule has 3 aromatic rings. The summed E-state index contributed by atoms with van der Waals surface area (Å²) < 4.78 is 7.60. The van der Waals surface area contributed by atoms with Gasteiger partial charge in [0.25, 0.3) is 5.69 Å². The van der Waals surface area contributed by atoms with Gasteiger partial charge in [-0.1, -0.05) is 35.9 Å². The number of benzene rings is 2. The molecule has 7 heteroatoms. The molecule has 3 rings (SSSR count). The zero-order valence-electron chi connectivity index (χ0n) is 16.8. The van der Waals surface area contributed by atoms with E-state index in [1.165, 1.54) is 6.07 Å². The number of nitrogens with zero attached hydrogens (tertiary/aromatic N) is 3. The fraction of sp³-hybridized carbons (Fsp3) is 0.227. The summed E-state index contributed by atoms with van der Waals surface area (Å²) in [6.45, 7) is 9.68. The maximum atomic E-state index is 11.4. The lowest BCUT2D eigenvalue weighted by Crippen LogP contribution is -2.04. The van der Waals surface area contributed by atoms with E-state index in [9.17, 15) is 10.1 Å². The fourth-order valence-corrected chi connectivity index (χ4v) is 3.42. The molecule has 0 saturated heterocycles. The predicted molar refractivity (Wildman–Crippen MR) is 115 cm³/mol. The van der Waals surface area contributed by atoms with E-state index in [2.05, 4.69) is 11.7 Å². The second kappa shape index (κ2) is 8.09. The number of hydrogen-bond acceptors (Lipinski definition) is 4. The molecule has 150 valence electrons. The largest absolute Gasteiger partial charge is 0.488 e. The van der Waals surface area contributed by atoms with E-state index in [1.54, 1.807) is 17.8 Å². The van der Waals surface area contributed by atoms with Gasteiger partial charge in [0, 0.05) is 24.2 Å². The number of allylic oxidation sites excluding steroid dienone is 1. The summed E-state index contributed by atoms with van der Waals surface area (Å²) in [7, 11) is 1.80. The third kappa shape index (κ3) is 4.03. The van der Waals surface area contributed by atoms with Crippen molar-refractivity contribution in [2.24, 2.45) is 7.05 Å². The zero-order chi connectivity index (χ0) is 21.3. The summed E-state index contributed by atoms with van der Waals surface area (Å²) in [5.74, 6) is 0.652. The molecule has 0 radical (unpaired) electrons. The van der Waals surface area contributed by atoms with Crippen molar-refractivity contribution in [1.29, 1.82) is 0 Å². The van der Waals surface area contributed by atoms with Crippen molar-refractivity contribution in [2.45, 2.75) is 27.4 Å². The summed E-state index contributed by atoms with van der Waals surface area (Å²) in [5.41, 5.74) is 5.58. The SMILES string of the molecule is C=C(C)c1cccc([N+](=O)[O-])c1COc1ccc(-c2nn(C)c(Cl)c2C)cc1C. The minimum Gasteiger partial charge on any atom is -0.488 e. The second-order valence-electron chi connectivity index (χ2n) is 7.00. The van der Waals surface area contributed by atoms with Gasteiger partial charge in [0.15, 0.2) is 0 Å². The van der Waals surface area contributed by atoms with E-state index in [1.807, 2.05) is 45.0 Å². The van der Waals surface area contributed by atoms with Gasteiger partial charge in [0.2, 0.25) is 0 Å². The van der Waals surface area contributed by atoms with Crippen LogP contribution in [0.25, 0.3) is 16.8 Å². The highest BCUT2D eigenvalue weighted by molar-refractivity contribution is 6.30. The van der Waals surface area contributed by atoms with Gasteiger partial charge in [0.05, 0.1) is 16.2 Å². The molecule has 1 heterocycles. The molecule has 0 bridgehead atoms. The predicted octanol–water partition coefficient (Wildman–Crippen LogP) is 5.88. The Morgan fingerprint density at radius 2 is 2.03 bits per heavy atom. The lowest BCUT2D eigenvalue weighted by Gasteiger charge is -2.13. The van der Waals surface area contributed by atoms with Crippen LogP contribution in [0.3, 0.4) is 0 Å². The maximum absolute atomic E-state index is 11.4. The molecule has 0 amide bonds. The molecule has 0 atom stereocenters. The van der Waals surface area contributed by atoms with Gasteiger partial charge in [-0.05, 0) is 50.1 Å². The molecular weight excluding hydrogens is 390 g/mol. The molecule has 0 fully saturated rings. The Balaban J connectivity index is 1.90. The van der Waals surface area contributed by atoms with E-state index >= 15 is 0 Å². The van der Waals surface area contributed by atoms with Crippen LogP contribution in [0.2, 0.25) is 5.15 Å². The summed E-state index contributed by atoms with van der Waals surface area (Å²) >= 11 is 6.23. The monoisotopic (exact) mass is 411 g/mol. The molecule has 0 N–H and O–H groups in total.